The lowest BCUT2D eigenvalue weighted by atomic mass is 9.95. The van der Waals surface area contributed by atoms with Gasteiger partial charge in [-0.2, -0.15) is 0 Å². The Hall–Kier alpha value is -2.04. The van der Waals surface area contributed by atoms with E-state index >= 15 is 0 Å². The highest BCUT2D eigenvalue weighted by Crippen LogP contribution is 2.45. The molecule has 5 nitrogen and oxygen atoms in total. The second-order valence-corrected chi connectivity index (χ2v) is 6.38. The SMILES string of the molecule is COc1cc2ncc(NC3CC4CCC3C4)nc2cc1OC. The molecule has 1 aromatic carbocycles. The molecule has 0 spiro atoms. The molecule has 116 valence electrons. The van der Waals surface area contributed by atoms with Crippen LogP contribution >= 0.6 is 0 Å². The summed E-state index contributed by atoms with van der Waals surface area (Å²) in [6.07, 6.45) is 7.23. The highest BCUT2D eigenvalue weighted by molar-refractivity contribution is 5.80. The van der Waals surface area contributed by atoms with E-state index < -0.39 is 0 Å². The molecule has 0 saturated heterocycles. The van der Waals surface area contributed by atoms with Crippen molar-refractivity contribution in [2.24, 2.45) is 11.8 Å². The van der Waals surface area contributed by atoms with Crippen LogP contribution in [0.5, 0.6) is 11.5 Å². The molecular formula is C17H21N3O2. The third-order valence-electron chi connectivity index (χ3n) is 5.12. The summed E-state index contributed by atoms with van der Waals surface area (Å²) in [7, 11) is 3.26. The van der Waals surface area contributed by atoms with Crippen LogP contribution in [-0.2, 0) is 0 Å². The van der Waals surface area contributed by atoms with Crippen LogP contribution in [0.3, 0.4) is 0 Å². The molecule has 4 rings (SSSR count). The zero-order valence-corrected chi connectivity index (χ0v) is 13.0. The van der Waals surface area contributed by atoms with Gasteiger partial charge in [0.2, 0.25) is 0 Å². The van der Waals surface area contributed by atoms with Crippen molar-refractivity contribution >= 4 is 16.9 Å². The summed E-state index contributed by atoms with van der Waals surface area (Å²) in [5, 5.41) is 3.58. The van der Waals surface area contributed by atoms with Crippen LogP contribution in [0.25, 0.3) is 11.0 Å². The second kappa shape index (κ2) is 5.30. The first-order valence-electron chi connectivity index (χ1n) is 7.92. The minimum atomic E-state index is 0.561. The molecule has 1 aromatic heterocycles. The van der Waals surface area contributed by atoms with E-state index in [1.165, 1.54) is 25.7 Å². The summed E-state index contributed by atoms with van der Waals surface area (Å²) in [6.45, 7) is 0. The Balaban J connectivity index is 1.62. The molecule has 2 fully saturated rings. The zero-order valence-electron chi connectivity index (χ0n) is 13.0. The van der Waals surface area contributed by atoms with Gasteiger partial charge in [-0.15, -0.1) is 0 Å². The summed E-state index contributed by atoms with van der Waals surface area (Å²) >= 11 is 0. The third-order valence-corrected chi connectivity index (χ3v) is 5.12. The highest BCUT2D eigenvalue weighted by Gasteiger charge is 2.39. The molecule has 2 bridgehead atoms. The number of anilines is 1. The van der Waals surface area contributed by atoms with Crippen LogP contribution in [0, 0.1) is 11.8 Å². The number of benzene rings is 1. The number of ether oxygens (including phenoxy) is 2. The van der Waals surface area contributed by atoms with Crippen LogP contribution in [0.4, 0.5) is 5.82 Å². The van der Waals surface area contributed by atoms with Crippen molar-refractivity contribution in [2.75, 3.05) is 19.5 Å². The van der Waals surface area contributed by atoms with Crippen molar-refractivity contribution in [3.05, 3.63) is 18.3 Å². The maximum Gasteiger partial charge on any atom is 0.163 e. The van der Waals surface area contributed by atoms with Gasteiger partial charge < -0.3 is 14.8 Å². The van der Waals surface area contributed by atoms with Crippen molar-refractivity contribution in [2.45, 2.75) is 31.7 Å². The first-order chi connectivity index (χ1) is 10.8. The topological polar surface area (TPSA) is 56.3 Å². The molecule has 3 atom stereocenters. The summed E-state index contributed by atoms with van der Waals surface area (Å²) in [5.74, 6) is 3.95. The quantitative estimate of drug-likeness (QED) is 0.939. The van der Waals surface area contributed by atoms with Crippen molar-refractivity contribution in [1.29, 1.82) is 0 Å². The second-order valence-electron chi connectivity index (χ2n) is 6.38. The Morgan fingerprint density at radius 1 is 1.05 bits per heavy atom. The van der Waals surface area contributed by atoms with E-state index in [0.717, 1.165) is 28.7 Å². The van der Waals surface area contributed by atoms with Gasteiger partial charge in [0, 0.05) is 18.2 Å². The first-order valence-corrected chi connectivity index (χ1v) is 7.92. The predicted octanol–water partition coefficient (Wildman–Crippen LogP) is 3.25. The van der Waals surface area contributed by atoms with Crippen LogP contribution in [0.2, 0.25) is 0 Å². The van der Waals surface area contributed by atoms with E-state index in [9.17, 15) is 0 Å². The third kappa shape index (κ3) is 2.25. The molecule has 2 saturated carbocycles. The lowest BCUT2D eigenvalue weighted by Crippen LogP contribution is -2.26. The molecule has 2 aromatic rings. The number of nitrogens with one attached hydrogen (secondary N) is 1. The fourth-order valence-corrected chi connectivity index (χ4v) is 4.02. The first kappa shape index (κ1) is 13.6. The molecule has 22 heavy (non-hydrogen) atoms. The van der Waals surface area contributed by atoms with Gasteiger partial charge in [-0.1, -0.05) is 6.42 Å². The van der Waals surface area contributed by atoms with E-state index in [1.807, 2.05) is 18.3 Å². The molecule has 2 aliphatic carbocycles. The van der Waals surface area contributed by atoms with Gasteiger partial charge in [-0.3, -0.25) is 4.98 Å². The smallest absolute Gasteiger partial charge is 0.163 e. The fourth-order valence-electron chi connectivity index (χ4n) is 4.02. The Labute approximate surface area is 130 Å². The van der Waals surface area contributed by atoms with E-state index in [1.54, 1.807) is 14.2 Å². The molecule has 0 aliphatic heterocycles. The largest absolute Gasteiger partial charge is 0.493 e. The summed E-state index contributed by atoms with van der Waals surface area (Å²) in [6, 6.07) is 4.31. The van der Waals surface area contributed by atoms with E-state index in [4.69, 9.17) is 14.5 Å². The monoisotopic (exact) mass is 299 g/mol. The van der Waals surface area contributed by atoms with E-state index in [-0.39, 0.29) is 0 Å². The Morgan fingerprint density at radius 2 is 1.82 bits per heavy atom. The van der Waals surface area contributed by atoms with Crippen molar-refractivity contribution in [3.63, 3.8) is 0 Å². The average Bonchev–Trinajstić information content (AvgIpc) is 3.16. The number of aromatic nitrogens is 2. The van der Waals surface area contributed by atoms with Gasteiger partial charge in [0.05, 0.1) is 31.4 Å². The molecule has 2 aliphatic rings. The molecular weight excluding hydrogens is 278 g/mol. The van der Waals surface area contributed by atoms with Crippen molar-refractivity contribution in [3.8, 4) is 11.5 Å². The number of hydrogen-bond acceptors (Lipinski definition) is 5. The Bertz CT molecular complexity index is 704. The van der Waals surface area contributed by atoms with Gasteiger partial charge in [-0.05, 0) is 31.1 Å². The number of rotatable bonds is 4. The van der Waals surface area contributed by atoms with Crippen LogP contribution in [-0.4, -0.2) is 30.2 Å². The van der Waals surface area contributed by atoms with Crippen molar-refractivity contribution < 1.29 is 9.47 Å². The van der Waals surface area contributed by atoms with Crippen LogP contribution in [0.15, 0.2) is 18.3 Å². The molecule has 3 unspecified atom stereocenters. The predicted molar refractivity (Wildman–Crippen MR) is 85.5 cm³/mol. The van der Waals surface area contributed by atoms with Gasteiger partial charge in [0.15, 0.2) is 11.5 Å². The van der Waals surface area contributed by atoms with Crippen molar-refractivity contribution in [1.82, 2.24) is 9.97 Å². The zero-order chi connectivity index (χ0) is 15.1. The Kier molecular flexibility index (Phi) is 3.28. The maximum absolute atomic E-state index is 5.34. The number of hydrogen-bond donors (Lipinski definition) is 1. The van der Waals surface area contributed by atoms with E-state index in [2.05, 4.69) is 10.3 Å². The van der Waals surface area contributed by atoms with E-state index in [0.29, 0.717) is 17.5 Å². The fraction of sp³-hybridized carbons (Fsp3) is 0.529. The van der Waals surface area contributed by atoms with Crippen LogP contribution < -0.4 is 14.8 Å². The lowest BCUT2D eigenvalue weighted by Gasteiger charge is -2.23. The summed E-state index contributed by atoms with van der Waals surface area (Å²) < 4.78 is 10.7. The Morgan fingerprint density at radius 3 is 2.45 bits per heavy atom. The number of nitrogens with zero attached hydrogens (tertiary/aromatic N) is 2. The molecule has 1 heterocycles. The van der Waals surface area contributed by atoms with Gasteiger partial charge >= 0.3 is 0 Å². The summed E-state index contributed by atoms with van der Waals surface area (Å²) in [4.78, 5) is 9.21. The van der Waals surface area contributed by atoms with Gasteiger partial charge in [0.25, 0.3) is 0 Å². The standard InChI is InChI=1S/C17H21N3O2/c1-21-15-7-13-14(8-16(15)22-2)20-17(9-18-13)19-12-6-10-3-4-11(12)5-10/h7-12H,3-6H2,1-2H3,(H,19,20). The maximum atomic E-state index is 5.34. The minimum absolute atomic E-state index is 0.561. The molecule has 0 amide bonds. The molecule has 1 N–H and O–H groups in total. The van der Waals surface area contributed by atoms with Crippen LogP contribution in [0.1, 0.15) is 25.7 Å². The average molecular weight is 299 g/mol. The van der Waals surface area contributed by atoms with Gasteiger partial charge in [0.1, 0.15) is 5.82 Å². The summed E-state index contributed by atoms with van der Waals surface area (Å²) in [5.41, 5.74) is 1.64. The van der Waals surface area contributed by atoms with Gasteiger partial charge in [-0.25, -0.2) is 4.98 Å². The number of methoxy groups -OCH3 is 2. The minimum Gasteiger partial charge on any atom is -0.493 e. The lowest BCUT2D eigenvalue weighted by molar-refractivity contribution is 0.355. The molecule has 0 radical (unpaired) electrons. The highest BCUT2D eigenvalue weighted by atomic mass is 16.5. The normalized spacial score (nSPS) is 26.4. The number of fused-ring (bicyclic) bond motifs is 3. The molecule has 5 heteroatoms.